The van der Waals surface area contributed by atoms with Crippen molar-refractivity contribution in [1.29, 1.82) is 5.26 Å². The predicted molar refractivity (Wildman–Crippen MR) is 82.9 cm³/mol. The Morgan fingerprint density at radius 2 is 2.27 bits per heavy atom. The number of aromatic nitrogens is 1. The maximum absolute atomic E-state index is 12.4. The summed E-state index contributed by atoms with van der Waals surface area (Å²) >= 11 is 0. The lowest BCUT2D eigenvalue weighted by molar-refractivity contribution is -0.173. The molecule has 0 saturated heterocycles. The van der Waals surface area contributed by atoms with Gasteiger partial charge < -0.3 is 4.98 Å². The summed E-state index contributed by atoms with van der Waals surface area (Å²) in [7, 11) is 3.16. The summed E-state index contributed by atoms with van der Waals surface area (Å²) in [5.74, 6) is 0.169. The van der Waals surface area contributed by atoms with E-state index in [9.17, 15) is 10.1 Å². The van der Waals surface area contributed by atoms with E-state index in [1.54, 1.807) is 13.2 Å². The molecule has 1 N–H and O–H groups in total. The van der Waals surface area contributed by atoms with E-state index in [-0.39, 0.29) is 17.7 Å². The van der Waals surface area contributed by atoms with Gasteiger partial charge in [-0.25, -0.2) is 5.06 Å². The number of benzene rings is 1. The normalized spacial score (nSPS) is 21.0. The smallest absolute Gasteiger partial charge is 0.249 e. The number of carbonyl (C=O) groups excluding carboxylic acids is 1. The summed E-state index contributed by atoms with van der Waals surface area (Å²) in [5.41, 5.74) is 2.73. The molecule has 1 aromatic heterocycles. The first-order valence-corrected chi connectivity index (χ1v) is 7.48. The van der Waals surface area contributed by atoms with Crippen LogP contribution in [0.2, 0.25) is 0 Å². The lowest BCUT2D eigenvalue weighted by Crippen LogP contribution is -2.33. The topological polar surface area (TPSA) is 69.1 Å². The number of nitrogens with one attached hydrogen (secondary N) is 1. The summed E-state index contributed by atoms with van der Waals surface area (Å²) in [6.45, 7) is 0. The minimum Gasteiger partial charge on any atom is -0.360 e. The van der Waals surface area contributed by atoms with Gasteiger partial charge in [0.2, 0.25) is 5.91 Å². The van der Waals surface area contributed by atoms with E-state index >= 15 is 0 Å². The molecule has 3 rings (SSSR count). The molecule has 1 aromatic carbocycles. The third-order valence-electron chi connectivity index (χ3n) is 4.67. The standard InChI is InChI=1S/C17H19N3O2/c1-20(22-2)17(21)14-5-3-4-13(14)11-6-7-16-15(8-11)12(9-18)10-19-16/h6-8,10,13-14,19H,3-5H2,1-2H3/t13-,14+/m0/s1. The Balaban J connectivity index is 1.95. The SMILES string of the molecule is CON(C)C(=O)[C@@H]1CCC[C@H]1c1ccc2[nH]cc(C#N)c2c1. The molecule has 2 atom stereocenters. The highest BCUT2D eigenvalue weighted by molar-refractivity contribution is 5.86. The lowest BCUT2D eigenvalue weighted by Gasteiger charge is -2.23. The molecule has 114 valence electrons. The van der Waals surface area contributed by atoms with Crippen molar-refractivity contribution in [3.63, 3.8) is 0 Å². The fourth-order valence-electron chi connectivity index (χ4n) is 3.44. The molecule has 0 bridgehead atoms. The Kier molecular flexibility index (Phi) is 3.86. The minimum atomic E-state index is -0.0492. The molecular formula is C17H19N3O2. The van der Waals surface area contributed by atoms with Crippen LogP contribution in [0, 0.1) is 17.2 Å². The molecule has 1 aliphatic rings. The van der Waals surface area contributed by atoms with Crippen LogP contribution in [0.5, 0.6) is 0 Å². The zero-order chi connectivity index (χ0) is 15.7. The molecule has 0 radical (unpaired) electrons. The molecule has 2 aromatic rings. The molecule has 1 saturated carbocycles. The first-order chi connectivity index (χ1) is 10.7. The van der Waals surface area contributed by atoms with Crippen molar-refractivity contribution < 1.29 is 9.63 Å². The average Bonchev–Trinajstić information content (AvgIpc) is 3.18. The van der Waals surface area contributed by atoms with Crippen molar-refractivity contribution in [3.05, 3.63) is 35.5 Å². The third kappa shape index (κ3) is 2.36. The summed E-state index contributed by atoms with van der Waals surface area (Å²) < 4.78 is 0. The van der Waals surface area contributed by atoms with Gasteiger partial charge in [-0.05, 0) is 36.5 Å². The van der Waals surface area contributed by atoms with Gasteiger partial charge in [0.05, 0.1) is 12.7 Å². The minimum absolute atomic E-state index is 0.0275. The van der Waals surface area contributed by atoms with Crippen LogP contribution in [-0.4, -0.2) is 30.1 Å². The van der Waals surface area contributed by atoms with Crippen LogP contribution >= 0.6 is 0 Å². The van der Waals surface area contributed by atoms with E-state index in [4.69, 9.17) is 4.84 Å². The van der Waals surface area contributed by atoms with Gasteiger partial charge in [-0.3, -0.25) is 9.63 Å². The number of nitriles is 1. The van der Waals surface area contributed by atoms with Crippen molar-refractivity contribution in [2.24, 2.45) is 5.92 Å². The fourth-order valence-corrected chi connectivity index (χ4v) is 3.44. The number of nitrogens with zero attached hydrogens (tertiary/aromatic N) is 2. The molecule has 0 aliphatic heterocycles. The first kappa shape index (κ1) is 14.6. The molecule has 5 heteroatoms. The zero-order valence-corrected chi connectivity index (χ0v) is 12.8. The van der Waals surface area contributed by atoms with E-state index in [0.29, 0.717) is 5.56 Å². The van der Waals surface area contributed by atoms with Crippen molar-refractivity contribution in [2.45, 2.75) is 25.2 Å². The van der Waals surface area contributed by atoms with Gasteiger partial charge in [-0.2, -0.15) is 5.26 Å². The molecule has 0 spiro atoms. The summed E-state index contributed by atoms with van der Waals surface area (Å²) in [4.78, 5) is 20.6. The van der Waals surface area contributed by atoms with Crippen LogP contribution in [0.25, 0.3) is 10.9 Å². The highest BCUT2D eigenvalue weighted by atomic mass is 16.7. The van der Waals surface area contributed by atoms with Gasteiger partial charge in [0.25, 0.3) is 0 Å². The van der Waals surface area contributed by atoms with E-state index in [1.807, 2.05) is 12.1 Å². The third-order valence-corrected chi connectivity index (χ3v) is 4.67. The highest BCUT2D eigenvalue weighted by Gasteiger charge is 2.36. The van der Waals surface area contributed by atoms with E-state index in [2.05, 4.69) is 17.1 Å². The van der Waals surface area contributed by atoms with Crippen molar-refractivity contribution in [2.75, 3.05) is 14.2 Å². The van der Waals surface area contributed by atoms with Crippen molar-refractivity contribution >= 4 is 16.8 Å². The molecule has 0 unspecified atom stereocenters. The Hall–Kier alpha value is -2.32. The van der Waals surface area contributed by atoms with Crippen LogP contribution in [0.1, 0.15) is 36.3 Å². The van der Waals surface area contributed by atoms with Crippen molar-refractivity contribution in [1.82, 2.24) is 10.0 Å². The molecule has 22 heavy (non-hydrogen) atoms. The Morgan fingerprint density at radius 3 is 3.00 bits per heavy atom. The summed E-state index contributed by atoms with van der Waals surface area (Å²) in [5, 5.41) is 11.4. The highest BCUT2D eigenvalue weighted by Crippen LogP contribution is 2.41. The monoisotopic (exact) mass is 297 g/mol. The molecule has 5 nitrogen and oxygen atoms in total. The Bertz CT molecular complexity index is 744. The maximum Gasteiger partial charge on any atom is 0.249 e. The molecule has 1 fully saturated rings. The number of amides is 1. The van der Waals surface area contributed by atoms with E-state index in [1.165, 1.54) is 12.2 Å². The van der Waals surface area contributed by atoms with Gasteiger partial charge in [0.15, 0.2) is 0 Å². The quantitative estimate of drug-likeness (QED) is 0.886. The van der Waals surface area contributed by atoms with Crippen LogP contribution in [-0.2, 0) is 9.63 Å². The molecule has 1 amide bonds. The lowest BCUT2D eigenvalue weighted by atomic mass is 9.87. The number of aromatic amines is 1. The van der Waals surface area contributed by atoms with E-state index in [0.717, 1.165) is 35.7 Å². The number of hydrogen-bond donors (Lipinski definition) is 1. The summed E-state index contributed by atoms with van der Waals surface area (Å²) in [6, 6.07) is 8.30. The van der Waals surface area contributed by atoms with Crippen molar-refractivity contribution in [3.8, 4) is 6.07 Å². The Labute approximate surface area is 129 Å². The molecular weight excluding hydrogens is 278 g/mol. The van der Waals surface area contributed by atoms with Crippen LogP contribution < -0.4 is 0 Å². The number of hydroxylamine groups is 2. The van der Waals surface area contributed by atoms with Gasteiger partial charge in [-0.15, -0.1) is 0 Å². The second kappa shape index (κ2) is 5.82. The summed E-state index contributed by atoms with van der Waals surface area (Å²) in [6.07, 6.45) is 4.64. The molecule has 1 aliphatic carbocycles. The van der Waals surface area contributed by atoms with E-state index < -0.39 is 0 Å². The second-order valence-corrected chi connectivity index (χ2v) is 5.78. The van der Waals surface area contributed by atoms with Gasteiger partial charge in [-0.1, -0.05) is 12.5 Å². The van der Waals surface area contributed by atoms with Gasteiger partial charge >= 0.3 is 0 Å². The fraction of sp³-hybridized carbons (Fsp3) is 0.412. The number of carbonyl (C=O) groups is 1. The van der Waals surface area contributed by atoms with Crippen LogP contribution in [0.4, 0.5) is 0 Å². The van der Waals surface area contributed by atoms with Gasteiger partial charge in [0, 0.05) is 30.1 Å². The Morgan fingerprint density at radius 1 is 1.45 bits per heavy atom. The first-order valence-electron chi connectivity index (χ1n) is 7.48. The largest absolute Gasteiger partial charge is 0.360 e. The second-order valence-electron chi connectivity index (χ2n) is 5.78. The number of H-pyrrole nitrogens is 1. The zero-order valence-electron chi connectivity index (χ0n) is 12.8. The molecule has 1 heterocycles. The van der Waals surface area contributed by atoms with Gasteiger partial charge in [0.1, 0.15) is 6.07 Å². The van der Waals surface area contributed by atoms with Crippen LogP contribution in [0.15, 0.2) is 24.4 Å². The number of fused-ring (bicyclic) bond motifs is 1. The predicted octanol–water partition coefficient (Wildman–Crippen LogP) is 2.94. The average molecular weight is 297 g/mol. The van der Waals surface area contributed by atoms with Crippen LogP contribution in [0.3, 0.4) is 0 Å². The maximum atomic E-state index is 12.4. The number of rotatable bonds is 3. The number of hydrogen-bond acceptors (Lipinski definition) is 3.